The largest absolute Gasteiger partial charge is 0.386 e. The molecule has 0 saturated carbocycles. The lowest BCUT2D eigenvalue weighted by Crippen LogP contribution is -2.46. The maximum absolute atomic E-state index is 14.2. The highest BCUT2D eigenvalue weighted by atomic mass is 35.5. The Bertz CT molecular complexity index is 1570. The molecule has 6 rings (SSSR count). The van der Waals surface area contributed by atoms with E-state index >= 15 is 0 Å². The maximum atomic E-state index is 14.2. The van der Waals surface area contributed by atoms with Crippen molar-refractivity contribution in [1.29, 1.82) is 0 Å². The van der Waals surface area contributed by atoms with Gasteiger partial charge in [-0.1, -0.05) is 71.4 Å². The van der Waals surface area contributed by atoms with Crippen molar-refractivity contribution in [2.75, 3.05) is 13.1 Å². The number of hydrogen-bond acceptors (Lipinski definition) is 5. The molecule has 9 heteroatoms. The van der Waals surface area contributed by atoms with Crippen LogP contribution in [0.5, 0.6) is 0 Å². The Balaban J connectivity index is 1.20. The van der Waals surface area contributed by atoms with Gasteiger partial charge in [0.1, 0.15) is 11.5 Å². The van der Waals surface area contributed by atoms with Gasteiger partial charge >= 0.3 is 0 Å². The van der Waals surface area contributed by atoms with Gasteiger partial charge in [-0.2, -0.15) is 0 Å². The number of benzene rings is 3. The molecular weight excluding hydrogens is 545 g/mol. The van der Waals surface area contributed by atoms with Crippen LogP contribution < -0.4 is 0 Å². The van der Waals surface area contributed by atoms with E-state index in [9.17, 15) is 19.1 Å². The van der Waals surface area contributed by atoms with Crippen LogP contribution in [0.15, 0.2) is 89.5 Å². The fourth-order valence-corrected chi connectivity index (χ4v) is 6.33. The van der Waals surface area contributed by atoms with Crippen LogP contribution in [0.25, 0.3) is 11.3 Å². The summed E-state index contributed by atoms with van der Waals surface area (Å²) < 4.78 is 19.5. The maximum Gasteiger partial charge on any atom is 0.292 e. The minimum Gasteiger partial charge on any atom is -0.386 e. The van der Waals surface area contributed by atoms with E-state index in [1.54, 1.807) is 34.1 Å². The van der Waals surface area contributed by atoms with Gasteiger partial charge in [0.15, 0.2) is 0 Å². The highest BCUT2D eigenvalue weighted by molar-refractivity contribution is 6.30. The Hall–Kier alpha value is -4.01. The number of amides is 2. The topological polar surface area (TPSA) is 86.9 Å². The average molecular weight is 574 g/mol. The normalized spacial score (nSPS) is 19.1. The first kappa shape index (κ1) is 27.2. The second-order valence-electron chi connectivity index (χ2n) is 10.8. The van der Waals surface area contributed by atoms with Gasteiger partial charge < -0.3 is 19.4 Å². The number of rotatable bonds is 6. The monoisotopic (exact) mass is 573 g/mol. The molecule has 2 fully saturated rings. The molecule has 3 heterocycles. The molecule has 1 N–H and O–H groups in total. The lowest BCUT2D eigenvalue weighted by atomic mass is 9.75. The molecule has 0 radical (unpaired) electrons. The van der Waals surface area contributed by atoms with E-state index in [-0.39, 0.29) is 28.8 Å². The SMILES string of the molecule is O=C(c1cc(-c2ccccc2F)no1)N1CCC2(CC1)C[C@@H]([C@H](O)c1ccccc1)N(Cc1cccc(Cl)c1)C2=O. The van der Waals surface area contributed by atoms with Crippen molar-refractivity contribution < 1.29 is 23.6 Å². The lowest BCUT2D eigenvalue weighted by molar-refractivity contribution is -0.140. The summed E-state index contributed by atoms with van der Waals surface area (Å²) in [6.07, 6.45) is 0.528. The molecule has 2 aliphatic rings. The van der Waals surface area contributed by atoms with Crippen molar-refractivity contribution in [2.24, 2.45) is 5.41 Å². The number of hydrogen-bond donors (Lipinski definition) is 1. The van der Waals surface area contributed by atoms with Crippen LogP contribution in [-0.2, 0) is 11.3 Å². The second-order valence-corrected chi connectivity index (χ2v) is 11.3. The second kappa shape index (κ2) is 11.1. The molecule has 4 aromatic rings. The average Bonchev–Trinajstić information content (AvgIpc) is 3.58. The van der Waals surface area contributed by atoms with Crippen molar-refractivity contribution in [2.45, 2.75) is 38.0 Å². The van der Waals surface area contributed by atoms with Crippen molar-refractivity contribution >= 4 is 23.4 Å². The zero-order chi connectivity index (χ0) is 28.6. The molecule has 1 spiro atoms. The van der Waals surface area contributed by atoms with Gasteiger partial charge in [0.05, 0.1) is 17.6 Å². The summed E-state index contributed by atoms with van der Waals surface area (Å²) in [6, 6.07) is 24.0. The van der Waals surface area contributed by atoms with E-state index in [0.29, 0.717) is 43.9 Å². The smallest absolute Gasteiger partial charge is 0.292 e. The van der Waals surface area contributed by atoms with Crippen molar-refractivity contribution in [3.63, 3.8) is 0 Å². The molecule has 210 valence electrons. The minimum atomic E-state index is -0.857. The Morgan fingerprint density at radius 2 is 1.78 bits per heavy atom. The fourth-order valence-electron chi connectivity index (χ4n) is 6.11. The zero-order valence-electron chi connectivity index (χ0n) is 22.2. The van der Waals surface area contributed by atoms with Gasteiger partial charge in [0.2, 0.25) is 11.7 Å². The Labute approximate surface area is 242 Å². The zero-order valence-corrected chi connectivity index (χ0v) is 23.0. The number of aliphatic hydroxyl groups excluding tert-OH is 1. The molecule has 1 aromatic heterocycles. The Morgan fingerprint density at radius 1 is 1.05 bits per heavy atom. The molecule has 0 aliphatic carbocycles. The molecule has 3 aromatic carbocycles. The van der Waals surface area contributed by atoms with Crippen LogP contribution in [0.1, 0.15) is 47.0 Å². The molecular formula is C32H29ClFN3O4. The summed E-state index contributed by atoms with van der Waals surface area (Å²) in [5.74, 6) is -0.797. The van der Waals surface area contributed by atoms with Crippen LogP contribution in [0, 0.1) is 11.2 Å². The number of likely N-dealkylation sites (tertiary alicyclic amines) is 2. The van der Waals surface area contributed by atoms with Crippen molar-refractivity contribution in [3.8, 4) is 11.3 Å². The first-order valence-electron chi connectivity index (χ1n) is 13.6. The van der Waals surface area contributed by atoms with Crippen LogP contribution >= 0.6 is 11.6 Å². The molecule has 2 saturated heterocycles. The first-order chi connectivity index (χ1) is 19.8. The number of carbonyl (C=O) groups excluding carboxylic acids is 2. The standard InChI is InChI=1S/C32H29ClFN3O4/c33-23-10-6-7-21(17-23)20-37-27(29(38)22-8-2-1-3-9-22)19-32(31(37)40)13-15-36(16-14-32)30(39)28-18-26(35-41-28)24-11-4-5-12-25(24)34/h1-12,17-18,27,29,38H,13-16,19-20H2/t27-,29+/m0/s1. The highest BCUT2D eigenvalue weighted by Crippen LogP contribution is 2.48. The van der Waals surface area contributed by atoms with Crippen LogP contribution in [-0.4, -0.2) is 51.0 Å². The molecule has 7 nitrogen and oxygen atoms in total. The number of nitrogens with zero attached hydrogens (tertiary/aromatic N) is 3. The number of aliphatic hydroxyl groups is 1. The molecule has 2 amide bonds. The van der Waals surface area contributed by atoms with E-state index < -0.39 is 23.4 Å². The van der Waals surface area contributed by atoms with Gasteiger partial charge in [0.25, 0.3) is 5.91 Å². The van der Waals surface area contributed by atoms with Gasteiger partial charge in [-0.15, -0.1) is 0 Å². The number of aromatic nitrogens is 1. The summed E-state index contributed by atoms with van der Waals surface area (Å²) in [6.45, 7) is 1.02. The van der Waals surface area contributed by atoms with Gasteiger partial charge in [-0.05, 0) is 54.7 Å². The number of piperidine rings is 1. The molecule has 41 heavy (non-hydrogen) atoms. The van der Waals surface area contributed by atoms with E-state index in [0.717, 1.165) is 11.1 Å². The molecule has 0 bridgehead atoms. The third-order valence-electron chi connectivity index (χ3n) is 8.34. The first-order valence-corrected chi connectivity index (χ1v) is 14.0. The lowest BCUT2D eigenvalue weighted by Gasteiger charge is -2.37. The summed E-state index contributed by atoms with van der Waals surface area (Å²) in [5.41, 5.74) is 1.45. The van der Waals surface area contributed by atoms with Crippen LogP contribution in [0.3, 0.4) is 0 Å². The quantitative estimate of drug-likeness (QED) is 0.311. The predicted octanol–water partition coefficient (Wildman–Crippen LogP) is 5.89. The Kier molecular flexibility index (Phi) is 7.36. The fraction of sp³-hybridized carbons (Fsp3) is 0.281. The third-order valence-corrected chi connectivity index (χ3v) is 8.58. The molecule has 2 atom stereocenters. The van der Waals surface area contributed by atoms with E-state index in [1.165, 1.54) is 12.1 Å². The number of carbonyl (C=O) groups is 2. The molecule has 2 aliphatic heterocycles. The summed E-state index contributed by atoms with van der Waals surface area (Å²) >= 11 is 6.22. The van der Waals surface area contributed by atoms with E-state index in [4.69, 9.17) is 16.1 Å². The van der Waals surface area contributed by atoms with Crippen molar-refractivity contribution in [3.05, 3.63) is 113 Å². The predicted molar refractivity (Wildman–Crippen MR) is 151 cm³/mol. The van der Waals surface area contributed by atoms with Crippen LogP contribution in [0.2, 0.25) is 5.02 Å². The van der Waals surface area contributed by atoms with Crippen molar-refractivity contribution in [1.82, 2.24) is 15.0 Å². The Morgan fingerprint density at radius 3 is 2.51 bits per heavy atom. The summed E-state index contributed by atoms with van der Waals surface area (Å²) in [5, 5.41) is 15.9. The van der Waals surface area contributed by atoms with E-state index in [2.05, 4.69) is 5.16 Å². The summed E-state index contributed by atoms with van der Waals surface area (Å²) in [7, 11) is 0. The van der Waals surface area contributed by atoms with E-state index in [1.807, 2.05) is 48.5 Å². The highest BCUT2D eigenvalue weighted by Gasteiger charge is 2.54. The summed E-state index contributed by atoms with van der Waals surface area (Å²) in [4.78, 5) is 30.8. The number of halogens is 2. The van der Waals surface area contributed by atoms with Gasteiger partial charge in [0, 0.05) is 36.3 Å². The van der Waals surface area contributed by atoms with Crippen LogP contribution in [0.4, 0.5) is 4.39 Å². The molecule has 0 unspecified atom stereocenters. The van der Waals surface area contributed by atoms with Gasteiger partial charge in [-0.3, -0.25) is 9.59 Å². The third kappa shape index (κ3) is 5.25. The van der Waals surface area contributed by atoms with Gasteiger partial charge in [-0.25, -0.2) is 4.39 Å². The minimum absolute atomic E-state index is 0.0222.